The van der Waals surface area contributed by atoms with Crippen molar-refractivity contribution in [2.45, 2.75) is 29.4 Å². The molecule has 2 aromatic rings. The van der Waals surface area contributed by atoms with E-state index in [9.17, 15) is 14.4 Å². The number of rotatable bonds is 5. The van der Waals surface area contributed by atoms with Crippen LogP contribution in [0.4, 0.5) is 5.69 Å². The number of nitrogens with one attached hydrogen (secondary N) is 2. The third-order valence-electron chi connectivity index (χ3n) is 5.66. The molecule has 0 radical (unpaired) electrons. The van der Waals surface area contributed by atoms with E-state index in [4.69, 9.17) is 11.6 Å². The molecular weight excluding hydrogens is 434 g/mol. The molecule has 2 heterocycles. The Bertz CT molecular complexity index is 974. The molecule has 1 atom stereocenters. The minimum atomic E-state index is -0.778. The number of amides is 3. The molecule has 2 aromatic carbocycles. The Hall–Kier alpha value is -2.51. The quantitative estimate of drug-likeness (QED) is 0.675. The molecule has 1 saturated heterocycles. The number of nitrogens with zero attached hydrogens (tertiary/aromatic N) is 1. The molecular formula is C23H24ClN3O3S. The number of para-hydroxylation sites is 1. The Labute approximate surface area is 190 Å². The first-order chi connectivity index (χ1) is 15.0. The van der Waals surface area contributed by atoms with Crippen LogP contribution in [0.3, 0.4) is 0 Å². The normalized spacial score (nSPS) is 18.8. The second kappa shape index (κ2) is 9.75. The van der Waals surface area contributed by atoms with E-state index < -0.39 is 5.25 Å². The SMILES string of the molecule is O=C(NCCc1ccc(Cl)cc1)C1CCN(C(=O)[C@H]2Sc3ccccc3NC2=O)CC1. The number of hydrogen-bond donors (Lipinski definition) is 2. The van der Waals surface area contributed by atoms with E-state index in [1.54, 1.807) is 4.90 Å². The Morgan fingerprint density at radius 2 is 1.81 bits per heavy atom. The van der Waals surface area contributed by atoms with Crippen molar-refractivity contribution in [2.75, 3.05) is 25.0 Å². The highest BCUT2D eigenvalue weighted by atomic mass is 35.5. The summed E-state index contributed by atoms with van der Waals surface area (Å²) >= 11 is 7.18. The van der Waals surface area contributed by atoms with Crippen LogP contribution in [0.15, 0.2) is 53.4 Å². The van der Waals surface area contributed by atoms with Gasteiger partial charge in [0.25, 0.3) is 0 Å². The molecule has 0 aromatic heterocycles. The van der Waals surface area contributed by atoms with Crippen LogP contribution in [0.25, 0.3) is 0 Å². The summed E-state index contributed by atoms with van der Waals surface area (Å²) in [6, 6.07) is 15.1. The monoisotopic (exact) mass is 457 g/mol. The van der Waals surface area contributed by atoms with Gasteiger partial charge in [-0.3, -0.25) is 14.4 Å². The van der Waals surface area contributed by atoms with Gasteiger partial charge in [0.1, 0.15) is 0 Å². The van der Waals surface area contributed by atoms with E-state index in [1.807, 2.05) is 48.5 Å². The van der Waals surface area contributed by atoms with E-state index >= 15 is 0 Å². The summed E-state index contributed by atoms with van der Waals surface area (Å²) in [7, 11) is 0. The summed E-state index contributed by atoms with van der Waals surface area (Å²) in [6.45, 7) is 1.54. The molecule has 2 N–H and O–H groups in total. The third kappa shape index (κ3) is 5.22. The molecule has 6 nitrogen and oxygen atoms in total. The van der Waals surface area contributed by atoms with Crippen LogP contribution in [0.5, 0.6) is 0 Å². The second-order valence-corrected chi connectivity index (χ2v) is 9.33. The Balaban J connectivity index is 1.24. The van der Waals surface area contributed by atoms with Crippen molar-refractivity contribution >= 4 is 46.8 Å². The molecule has 2 aliphatic heterocycles. The van der Waals surface area contributed by atoms with Crippen LogP contribution in [0.1, 0.15) is 18.4 Å². The smallest absolute Gasteiger partial charge is 0.247 e. The van der Waals surface area contributed by atoms with Gasteiger partial charge in [0.05, 0.1) is 5.69 Å². The molecule has 0 saturated carbocycles. The highest BCUT2D eigenvalue weighted by Crippen LogP contribution is 2.36. The number of anilines is 1. The van der Waals surface area contributed by atoms with Gasteiger partial charge in [0.15, 0.2) is 5.25 Å². The molecule has 1 fully saturated rings. The first kappa shape index (κ1) is 21.7. The molecule has 3 amide bonds. The second-order valence-electron chi connectivity index (χ2n) is 7.75. The largest absolute Gasteiger partial charge is 0.356 e. The maximum atomic E-state index is 12.9. The van der Waals surface area contributed by atoms with E-state index in [2.05, 4.69) is 10.6 Å². The lowest BCUT2D eigenvalue weighted by molar-refractivity contribution is -0.137. The van der Waals surface area contributed by atoms with Gasteiger partial charge in [-0.05, 0) is 49.1 Å². The summed E-state index contributed by atoms with van der Waals surface area (Å²) in [5.41, 5.74) is 1.87. The van der Waals surface area contributed by atoms with Crippen molar-refractivity contribution in [3.63, 3.8) is 0 Å². The summed E-state index contributed by atoms with van der Waals surface area (Å²) in [6.07, 6.45) is 1.96. The fraction of sp³-hybridized carbons (Fsp3) is 0.348. The van der Waals surface area contributed by atoms with Crippen molar-refractivity contribution in [3.8, 4) is 0 Å². The minimum absolute atomic E-state index is 0.0276. The number of fused-ring (bicyclic) bond motifs is 1. The topological polar surface area (TPSA) is 78.5 Å². The highest BCUT2D eigenvalue weighted by molar-refractivity contribution is 8.01. The maximum absolute atomic E-state index is 12.9. The average molecular weight is 458 g/mol. The summed E-state index contributed by atoms with van der Waals surface area (Å²) < 4.78 is 0. The maximum Gasteiger partial charge on any atom is 0.247 e. The van der Waals surface area contributed by atoms with E-state index in [0.717, 1.165) is 22.6 Å². The van der Waals surface area contributed by atoms with Crippen LogP contribution in [0, 0.1) is 5.92 Å². The van der Waals surface area contributed by atoms with Gasteiger partial charge in [-0.15, -0.1) is 11.8 Å². The molecule has 0 aliphatic carbocycles. The van der Waals surface area contributed by atoms with Crippen molar-refractivity contribution in [1.29, 1.82) is 0 Å². The summed E-state index contributed by atoms with van der Waals surface area (Å²) in [5, 5.41) is 5.73. The Morgan fingerprint density at radius 1 is 1.10 bits per heavy atom. The van der Waals surface area contributed by atoms with Crippen LogP contribution >= 0.6 is 23.4 Å². The van der Waals surface area contributed by atoms with Gasteiger partial charge in [0.2, 0.25) is 17.7 Å². The highest BCUT2D eigenvalue weighted by Gasteiger charge is 2.37. The van der Waals surface area contributed by atoms with E-state index in [0.29, 0.717) is 37.5 Å². The number of halogens is 1. The van der Waals surface area contributed by atoms with Gasteiger partial charge < -0.3 is 15.5 Å². The standard InChI is InChI=1S/C23H24ClN3O3S/c24-17-7-5-15(6-8-17)9-12-25-21(28)16-10-13-27(14-11-16)23(30)20-22(29)26-18-3-1-2-4-19(18)31-20/h1-8,16,20H,9-14H2,(H,25,28)(H,26,29)/t20-/m0/s1. The molecule has 2 aliphatic rings. The number of piperidine rings is 1. The third-order valence-corrected chi connectivity index (χ3v) is 7.17. The molecule has 8 heteroatoms. The first-order valence-electron chi connectivity index (χ1n) is 10.4. The van der Waals surface area contributed by atoms with Crippen molar-refractivity contribution < 1.29 is 14.4 Å². The van der Waals surface area contributed by atoms with Gasteiger partial charge in [-0.2, -0.15) is 0 Å². The van der Waals surface area contributed by atoms with Crippen LogP contribution in [-0.4, -0.2) is 47.5 Å². The van der Waals surface area contributed by atoms with Gasteiger partial charge >= 0.3 is 0 Å². The van der Waals surface area contributed by atoms with Crippen LogP contribution < -0.4 is 10.6 Å². The van der Waals surface area contributed by atoms with Gasteiger partial charge in [-0.1, -0.05) is 35.9 Å². The number of carbonyl (C=O) groups excluding carboxylic acids is 3. The summed E-state index contributed by atoms with van der Waals surface area (Å²) in [5.74, 6) is -0.544. The average Bonchev–Trinajstić information content (AvgIpc) is 2.79. The number of carbonyl (C=O) groups is 3. The fourth-order valence-electron chi connectivity index (χ4n) is 3.87. The lowest BCUT2D eigenvalue weighted by Gasteiger charge is -2.34. The lowest BCUT2D eigenvalue weighted by atomic mass is 9.95. The minimum Gasteiger partial charge on any atom is -0.356 e. The first-order valence-corrected chi connectivity index (χ1v) is 11.6. The fourth-order valence-corrected chi connectivity index (χ4v) is 5.07. The van der Waals surface area contributed by atoms with Gasteiger partial charge in [-0.25, -0.2) is 0 Å². The van der Waals surface area contributed by atoms with Crippen molar-refractivity contribution in [3.05, 3.63) is 59.1 Å². The predicted molar refractivity (Wildman–Crippen MR) is 122 cm³/mol. The van der Waals surface area contributed by atoms with E-state index in [-0.39, 0.29) is 23.6 Å². The Kier molecular flexibility index (Phi) is 6.83. The Morgan fingerprint density at radius 3 is 2.55 bits per heavy atom. The van der Waals surface area contributed by atoms with Crippen LogP contribution in [-0.2, 0) is 20.8 Å². The molecule has 4 rings (SSSR count). The number of hydrogen-bond acceptors (Lipinski definition) is 4. The van der Waals surface area contributed by atoms with E-state index in [1.165, 1.54) is 11.8 Å². The zero-order chi connectivity index (χ0) is 21.8. The van der Waals surface area contributed by atoms with Crippen molar-refractivity contribution in [1.82, 2.24) is 10.2 Å². The number of thioether (sulfide) groups is 1. The molecule has 0 bridgehead atoms. The summed E-state index contributed by atoms with van der Waals surface area (Å²) in [4.78, 5) is 40.5. The van der Waals surface area contributed by atoms with Crippen LogP contribution in [0.2, 0.25) is 5.02 Å². The molecule has 162 valence electrons. The molecule has 31 heavy (non-hydrogen) atoms. The molecule has 0 unspecified atom stereocenters. The predicted octanol–water partition coefficient (Wildman–Crippen LogP) is 3.35. The zero-order valence-corrected chi connectivity index (χ0v) is 18.5. The lowest BCUT2D eigenvalue weighted by Crippen LogP contribution is -2.49. The van der Waals surface area contributed by atoms with Crippen molar-refractivity contribution in [2.24, 2.45) is 5.92 Å². The number of benzene rings is 2. The molecule has 0 spiro atoms. The zero-order valence-electron chi connectivity index (χ0n) is 17.0. The van der Waals surface area contributed by atoms with Gasteiger partial charge in [0, 0.05) is 35.5 Å². The number of likely N-dealkylation sites (tertiary alicyclic amines) is 1.